The summed E-state index contributed by atoms with van der Waals surface area (Å²) in [6.45, 7) is 4.96. The first-order valence-electron chi connectivity index (χ1n) is 11.5. The van der Waals surface area contributed by atoms with E-state index in [1.54, 1.807) is 67.0 Å². The third-order valence-corrected chi connectivity index (χ3v) is 5.99. The average Bonchev–Trinajstić information content (AvgIpc) is 3.17. The number of Topliss-reactive ketones (excluding diaryl/α,β-unsaturated/α-hetero) is 1. The molecule has 3 aromatic rings. The Morgan fingerprint density at radius 1 is 1.11 bits per heavy atom. The number of benzene rings is 2. The van der Waals surface area contributed by atoms with Crippen LogP contribution in [0.1, 0.15) is 22.7 Å². The highest BCUT2D eigenvalue weighted by molar-refractivity contribution is 6.46. The van der Waals surface area contributed by atoms with Crippen LogP contribution in [0.15, 0.2) is 85.2 Å². The molecule has 2 aliphatic heterocycles. The lowest BCUT2D eigenvalue weighted by molar-refractivity contribution is -0.140. The second-order valence-corrected chi connectivity index (χ2v) is 8.32. The lowest BCUT2D eigenvalue weighted by Gasteiger charge is -2.25. The van der Waals surface area contributed by atoms with Gasteiger partial charge in [-0.1, -0.05) is 30.9 Å². The fourth-order valence-electron chi connectivity index (χ4n) is 4.33. The number of aliphatic hydroxyl groups excluding tert-OH is 1. The molecule has 5 rings (SSSR count). The fourth-order valence-corrected chi connectivity index (χ4v) is 4.33. The summed E-state index contributed by atoms with van der Waals surface area (Å²) in [7, 11) is 0. The number of fused-ring (bicyclic) bond motifs is 1. The third kappa shape index (κ3) is 4.40. The summed E-state index contributed by atoms with van der Waals surface area (Å²) in [5.41, 5.74) is 1.77. The molecule has 1 amide bonds. The number of hydrogen-bond acceptors (Lipinski definition) is 7. The SMILES string of the molecule is C=CCOc1ccc(C2/C(=C(\O)c3ccc4c(c3)OCCO4)C(=O)C(=O)N2Cc2cccnc2)cc1. The first-order valence-corrected chi connectivity index (χ1v) is 11.5. The largest absolute Gasteiger partial charge is 0.507 e. The second-order valence-electron chi connectivity index (χ2n) is 8.32. The van der Waals surface area contributed by atoms with Crippen molar-refractivity contribution in [2.75, 3.05) is 19.8 Å². The van der Waals surface area contributed by atoms with Crippen molar-refractivity contribution < 1.29 is 28.9 Å². The van der Waals surface area contributed by atoms with E-state index in [1.165, 1.54) is 4.90 Å². The Balaban J connectivity index is 1.59. The van der Waals surface area contributed by atoms with Crippen molar-refractivity contribution in [3.63, 3.8) is 0 Å². The van der Waals surface area contributed by atoms with Crippen LogP contribution >= 0.6 is 0 Å². The molecule has 0 aliphatic carbocycles. The quantitative estimate of drug-likeness (QED) is 0.234. The zero-order chi connectivity index (χ0) is 25.1. The summed E-state index contributed by atoms with van der Waals surface area (Å²) in [5, 5.41) is 11.3. The Bertz CT molecular complexity index is 1330. The van der Waals surface area contributed by atoms with Crippen molar-refractivity contribution in [3.05, 3.63) is 102 Å². The molecule has 8 nitrogen and oxygen atoms in total. The van der Waals surface area contributed by atoms with Crippen molar-refractivity contribution in [1.82, 2.24) is 9.88 Å². The number of amides is 1. The molecule has 8 heteroatoms. The van der Waals surface area contributed by atoms with Gasteiger partial charge in [-0.15, -0.1) is 0 Å². The Hall–Kier alpha value is -4.59. The smallest absolute Gasteiger partial charge is 0.295 e. The van der Waals surface area contributed by atoms with E-state index in [9.17, 15) is 14.7 Å². The molecule has 0 radical (unpaired) electrons. The third-order valence-electron chi connectivity index (χ3n) is 5.99. The van der Waals surface area contributed by atoms with Gasteiger partial charge in [-0.3, -0.25) is 14.6 Å². The highest BCUT2D eigenvalue weighted by Crippen LogP contribution is 2.42. The van der Waals surface area contributed by atoms with E-state index < -0.39 is 17.7 Å². The average molecular weight is 485 g/mol. The zero-order valence-corrected chi connectivity index (χ0v) is 19.4. The van der Waals surface area contributed by atoms with Crippen LogP contribution in [-0.4, -0.2) is 46.5 Å². The number of nitrogens with zero attached hydrogens (tertiary/aromatic N) is 2. The Morgan fingerprint density at radius 3 is 2.61 bits per heavy atom. The van der Waals surface area contributed by atoms with Crippen LogP contribution in [0.25, 0.3) is 5.76 Å². The minimum absolute atomic E-state index is 0.000304. The van der Waals surface area contributed by atoms with Gasteiger partial charge < -0.3 is 24.2 Å². The molecular formula is C28H24N2O6. The number of rotatable bonds is 7. The molecule has 36 heavy (non-hydrogen) atoms. The highest BCUT2D eigenvalue weighted by atomic mass is 16.6. The number of carbonyl (C=O) groups is 2. The summed E-state index contributed by atoms with van der Waals surface area (Å²) in [6, 6.07) is 14.8. The van der Waals surface area contributed by atoms with E-state index in [-0.39, 0.29) is 17.9 Å². The maximum atomic E-state index is 13.3. The van der Waals surface area contributed by atoms with Crippen LogP contribution in [0.2, 0.25) is 0 Å². The van der Waals surface area contributed by atoms with E-state index >= 15 is 0 Å². The summed E-state index contributed by atoms with van der Waals surface area (Å²) in [5.74, 6) is -0.0967. The lowest BCUT2D eigenvalue weighted by atomic mass is 9.95. The van der Waals surface area contributed by atoms with Crippen LogP contribution in [-0.2, 0) is 16.1 Å². The minimum Gasteiger partial charge on any atom is -0.507 e. The molecule has 3 heterocycles. The Morgan fingerprint density at radius 2 is 1.89 bits per heavy atom. The Labute approximate surface area is 208 Å². The van der Waals surface area contributed by atoms with E-state index in [2.05, 4.69) is 11.6 Å². The van der Waals surface area contributed by atoms with E-state index in [0.717, 1.165) is 5.56 Å². The van der Waals surface area contributed by atoms with Gasteiger partial charge >= 0.3 is 0 Å². The van der Waals surface area contributed by atoms with Gasteiger partial charge in [0.25, 0.3) is 11.7 Å². The Kier molecular flexibility index (Phi) is 6.40. The molecule has 182 valence electrons. The molecule has 1 N–H and O–H groups in total. The fraction of sp³-hybridized carbons (Fsp3) is 0.179. The second kappa shape index (κ2) is 9.95. The maximum absolute atomic E-state index is 13.3. The van der Waals surface area contributed by atoms with Crippen LogP contribution in [0.3, 0.4) is 0 Å². The molecule has 1 fully saturated rings. The summed E-state index contributed by atoms with van der Waals surface area (Å²) in [6.07, 6.45) is 4.92. The molecule has 1 unspecified atom stereocenters. The van der Waals surface area contributed by atoms with Crippen LogP contribution in [0.4, 0.5) is 0 Å². The van der Waals surface area contributed by atoms with Gasteiger partial charge in [0.1, 0.15) is 31.3 Å². The first kappa shape index (κ1) is 23.2. The number of carbonyl (C=O) groups excluding carboxylic acids is 2. The number of ketones is 1. The number of likely N-dealkylation sites (tertiary alicyclic amines) is 1. The molecule has 0 bridgehead atoms. The van der Waals surface area contributed by atoms with Crippen LogP contribution < -0.4 is 14.2 Å². The molecule has 2 aromatic carbocycles. The van der Waals surface area contributed by atoms with Gasteiger partial charge in [-0.05, 0) is 47.5 Å². The predicted molar refractivity (Wildman–Crippen MR) is 132 cm³/mol. The zero-order valence-electron chi connectivity index (χ0n) is 19.4. The number of pyridine rings is 1. The summed E-state index contributed by atoms with van der Waals surface area (Å²) >= 11 is 0. The van der Waals surface area contributed by atoms with Crippen LogP contribution in [0, 0.1) is 0 Å². The van der Waals surface area contributed by atoms with Crippen molar-refractivity contribution in [2.24, 2.45) is 0 Å². The van der Waals surface area contributed by atoms with Gasteiger partial charge in [0, 0.05) is 24.5 Å². The molecule has 1 aromatic heterocycles. The lowest BCUT2D eigenvalue weighted by Crippen LogP contribution is -2.29. The van der Waals surface area contributed by atoms with Crippen molar-refractivity contribution >= 4 is 17.4 Å². The standard InChI is InChI=1S/C28H24N2O6/c1-2-12-34-21-8-5-19(6-9-21)25-24(26(31)20-7-10-22-23(15-20)36-14-13-35-22)27(32)28(33)30(25)17-18-4-3-11-29-16-18/h2-11,15-16,25,31H,1,12-14,17H2/b26-24+. The summed E-state index contributed by atoms with van der Waals surface area (Å²) < 4.78 is 16.8. The molecule has 1 atom stereocenters. The van der Waals surface area contributed by atoms with Gasteiger partial charge in [0.2, 0.25) is 0 Å². The predicted octanol–water partition coefficient (Wildman–Crippen LogP) is 4.04. The first-order chi connectivity index (χ1) is 17.6. The van der Waals surface area contributed by atoms with Crippen molar-refractivity contribution in [3.8, 4) is 17.2 Å². The molecule has 0 saturated carbocycles. The van der Waals surface area contributed by atoms with Gasteiger partial charge in [0.05, 0.1) is 11.6 Å². The van der Waals surface area contributed by atoms with Gasteiger partial charge in [-0.2, -0.15) is 0 Å². The molecule has 1 saturated heterocycles. The number of aliphatic hydroxyl groups is 1. The maximum Gasteiger partial charge on any atom is 0.295 e. The monoisotopic (exact) mass is 484 g/mol. The van der Waals surface area contributed by atoms with Crippen molar-refractivity contribution in [2.45, 2.75) is 12.6 Å². The topological polar surface area (TPSA) is 98.2 Å². The number of ether oxygens (including phenoxy) is 3. The van der Waals surface area contributed by atoms with Gasteiger partial charge in [0.15, 0.2) is 11.5 Å². The molecule has 0 spiro atoms. The molecular weight excluding hydrogens is 460 g/mol. The van der Waals surface area contributed by atoms with Gasteiger partial charge in [-0.25, -0.2) is 0 Å². The normalized spacial score (nSPS) is 18.2. The highest BCUT2D eigenvalue weighted by Gasteiger charge is 2.46. The summed E-state index contributed by atoms with van der Waals surface area (Å²) in [4.78, 5) is 32.1. The van der Waals surface area contributed by atoms with Crippen LogP contribution in [0.5, 0.6) is 17.2 Å². The van der Waals surface area contributed by atoms with E-state index in [0.29, 0.717) is 48.2 Å². The minimum atomic E-state index is -0.813. The molecule has 2 aliphatic rings. The number of aromatic nitrogens is 1. The van der Waals surface area contributed by atoms with E-state index in [4.69, 9.17) is 14.2 Å². The van der Waals surface area contributed by atoms with Crippen molar-refractivity contribution in [1.29, 1.82) is 0 Å². The van der Waals surface area contributed by atoms with E-state index in [1.807, 2.05) is 6.07 Å². The number of hydrogen-bond donors (Lipinski definition) is 1.